The van der Waals surface area contributed by atoms with Crippen LogP contribution >= 0.6 is 0 Å². The monoisotopic (exact) mass is 232 g/mol. The molecule has 4 heteroatoms. The molecule has 0 aliphatic heterocycles. The van der Waals surface area contributed by atoms with Gasteiger partial charge in [-0.25, -0.2) is 9.97 Å². The van der Waals surface area contributed by atoms with Crippen LogP contribution in [0, 0.1) is 13.8 Å². The minimum Gasteiger partial charge on any atom is -0.491 e. The van der Waals surface area contributed by atoms with Crippen molar-refractivity contribution in [3.8, 4) is 5.75 Å². The van der Waals surface area contributed by atoms with Crippen molar-refractivity contribution in [3.05, 3.63) is 29.6 Å². The normalized spacial score (nSPS) is 12.7. The van der Waals surface area contributed by atoms with Gasteiger partial charge in [0, 0.05) is 6.07 Å². The van der Waals surface area contributed by atoms with Crippen LogP contribution in [0.5, 0.6) is 5.75 Å². The molecule has 0 saturated carbocycles. The Balaban J connectivity index is 2.33. The molecule has 0 spiro atoms. The first-order valence-electron chi connectivity index (χ1n) is 5.62. The predicted octanol–water partition coefficient (Wildman–Crippen LogP) is 2.01. The summed E-state index contributed by atoms with van der Waals surface area (Å²) in [6.45, 7) is 5.85. The van der Waals surface area contributed by atoms with Gasteiger partial charge in [-0.1, -0.05) is 0 Å². The van der Waals surface area contributed by atoms with Gasteiger partial charge >= 0.3 is 0 Å². The zero-order chi connectivity index (χ0) is 12.4. The molecule has 0 radical (unpaired) electrons. The second-order valence-electron chi connectivity index (χ2n) is 4.20. The molecule has 1 heterocycles. The molecule has 0 fully saturated rings. The number of hydrogen-bond donors (Lipinski definition) is 1. The second kappa shape index (κ2) is 4.67. The van der Waals surface area contributed by atoms with Crippen molar-refractivity contribution < 1.29 is 9.84 Å². The van der Waals surface area contributed by atoms with Gasteiger partial charge < -0.3 is 9.84 Å². The third-order valence-corrected chi connectivity index (χ3v) is 2.54. The van der Waals surface area contributed by atoms with Gasteiger partial charge in [0.2, 0.25) is 0 Å². The number of ether oxygens (including phenoxy) is 1. The van der Waals surface area contributed by atoms with E-state index >= 15 is 0 Å². The zero-order valence-corrected chi connectivity index (χ0v) is 10.3. The minimum atomic E-state index is -0.475. The SMILES string of the molecule is Cc1nc2ccc(OCC(C)O)cc2nc1C. The molecule has 1 unspecified atom stereocenters. The molecule has 90 valence electrons. The summed E-state index contributed by atoms with van der Waals surface area (Å²) in [5.41, 5.74) is 3.54. The average molecular weight is 232 g/mol. The molecule has 4 nitrogen and oxygen atoms in total. The largest absolute Gasteiger partial charge is 0.491 e. The molecular weight excluding hydrogens is 216 g/mol. The zero-order valence-electron chi connectivity index (χ0n) is 10.3. The maximum Gasteiger partial charge on any atom is 0.121 e. The molecule has 0 aliphatic rings. The molecule has 1 aromatic heterocycles. The van der Waals surface area contributed by atoms with Gasteiger partial charge in [0.1, 0.15) is 12.4 Å². The van der Waals surface area contributed by atoms with Crippen molar-refractivity contribution in [2.24, 2.45) is 0 Å². The van der Waals surface area contributed by atoms with Gasteiger partial charge in [0.15, 0.2) is 0 Å². The second-order valence-corrected chi connectivity index (χ2v) is 4.20. The number of hydrogen-bond acceptors (Lipinski definition) is 4. The molecule has 0 aliphatic carbocycles. The lowest BCUT2D eigenvalue weighted by Crippen LogP contribution is -2.12. The minimum absolute atomic E-state index is 0.282. The smallest absolute Gasteiger partial charge is 0.121 e. The Kier molecular flexibility index (Phi) is 3.24. The summed E-state index contributed by atoms with van der Waals surface area (Å²) >= 11 is 0. The standard InChI is InChI=1S/C13H16N2O2/c1-8(16)7-17-11-4-5-12-13(6-11)15-10(3)9(2)14-12/h4-6,8,16H,7H2,1-3H3. The maximum absolute atomic E-state index is 9.15. The molecule has 2 aromatic rings. The van der Waals surface area contributed by atoms with Crippen LogP contribution in [0.15, 0.2) is 18.2 Å². The van der Waals surface area contributed by atoms with Gasteiger partial charge in [0.05, 0.1) is 28.5 Å². The fraction of sp³-hybridized carbons (Fsp3) is 0.385. The van der Waals surface area contributed by atoms with Crippen LogP contribution in [-0.2, 0) is 0 Å². The van der Waals surface area contributed by atoms with Crippen LogP contribution in [0.3, 0.4) is 0 Å². The summed E-state index contributed by atoms with van der Waals surface area (Å²) in [7, 11) is 0. The highest BCUT2D eigenvalue weighted by Crippen LogP contribution is 2.19. The average Bonchev–Trinajstić information content (AvgIpc) is 2.28. The number of benzene rings is 1. The molecule has 0 saturated heterocycles. The van der Waals surface area contributed by atoms with E-state index in [0.717, 1.165) is 22.4 Å². The Morgan fingerprint density at radius 3 is 2.47 bits per heavy atom. The predicted molar refractivity (Wildman–Crippen MR) is 66.2 cm³/mol. The van der Waals surface area contributed by atoms with Crippen LogP contribution in [-0.4, -0.2) is 27.8 Å². The van der Waals surface area contributed by atoms with Crippen LogP contribution in [0.2, 0.25) is 0 Å². The summed E-state index contributed by atoms with van der Waals surface area (Å²) < 4.78 is 5.43. The summed E-state index contributed by atoms with van der Waals surface area (Å²) in [5.74, 6) is 0.705. The first-order valence-corrected chi connectivity index (χ1v) is 5.62. The molecular formula is C13H16N2O2. The topological polar surface area (TPSA) is 55.2 Å². The number of aromatic nitrogens is 2. The molecule has 1 atom stereocenters. The van der Waals surface area contributed by atoms with Crippen LogP contribution < -0.4 is 4.74 Å². The van der Waals surface area contributed by atoms with Crippen molar-refractivity contribution in [1.82, 2.24) is 9.97 Å². The van der Waals surface area contributed by atoms with E-state index in [1.54, 1.807) is 6.92 Å². The van der Waals surface area contributed by atoms with Crippen LogP contribution in [0.4, 0.5) is 0 Å². The van der Waals surface area contributed by atoms with E-state index < -0.39 is 6.10 Å². The number of aryl methyl sites for hydroxylation is 2. The Hall–Kier alpha value is -1.68. The van der Waals surface area contributed by atoms with E-state index in [2.05, 4.69) is 9.97 Å². The highest BCUT2D eigenvalue weighted by Gasteiger charge is 2.04. The first-order chi connectivity index (χ1) is 8.06. The third-order valence-electron chi connectivity index (χ3n) is 2.54. The Bertz CT molecular complexity index is 538. The maximum atomic E-state index is 9.15. The number of aliphatic hydroxyl groups is 1. The van der Waals surface area contributed by atoms with Gasteiger partial charge in [-0.3, -0.25) is 0 Å². The van der Waals surface area contributed by atoms with Crippen molar-refractivity contribution in [2.75, 3.05) is 6.61 Å². The fourth-order valence-corrected chi connectivity index (χ4v) is 1.52. The van der Waals surface area contributed by atoms with Gasteiger partial charge in [-0.15, -0.1) is 0 Å². The molecule has 1 N–H and O–H groups in total. The van der Waals surface area contributed by atoms with Gasteiger partial charge in [-0.05, 0) is 32.9 Å². The van der Waals surface area contributed by atoms with Crippen molar-refractivity contribution >= 4 is 11.0 Å². The van der Waals surface area contributed by atoms with E-state index in [1.165, 1.54) is 0 Å². The van der Waals surface area contributed by atoms with Gasteiger partial charge in [0.25, 0.3) is 0 Å². The molecule has 0 bridgehead atoms. The molecule has 17 heavy (non-hydrogen) atoms. The highest BCUT2D eigenvalue weighted by atomic mass is 16.5. The number of nitrogens with zero attached hydrogens (tertiary/aromatic N) is 2. The van der Waals surface area contributed by atoms with Crippen molar-refractivity contribution in [2.45, 2.75) is 26.9 Å². The lowest BCUT2D eigenvalue weighted by molar-refractivity contribution is 0.123. The summed E-state index contributed by atoms with van der Waals surface area (Å²) in [5, 5.41) is 9.15. The quantitative estimate of drug-likeness (QED) is 0.879. The molecule has 0 amide bonds. The Labute approximate surface area is 100 Å². The van der Waals surface area contributed by atoms with Crippen molar-refractivity contribution in [3.63, 3.8) is 0 Å². The van der Waals surface area contributed by atoms with Crippen LogP contribution in [0.1, 0.15) is 18.3 Å². The number of fused-ring (bicyclic) bond motifs is 1. The lowest BCUT2D eigenvalue weighted by atomic mass is 10.2. The Morgan fingerprint density at radius 1 is 1.18 bits per heavy atom. The number of aliphatic hydroxyl groups excluding tert-OH is 1. The highest BCUT2D eigenvalue weighted by molar-refractivity contribution is 5.76. The first kappa shape index (κ1) is 11.8. The fourth-order valence-electron chi connectivity index (χ4n) is 1.52. The van der Waals surface area contributed by atoms with E-state index in [-0.39, 0.29) is 6.61 Å². The summed E-state index contributed by atoms with van der Waals surface area (Å²) in [4.78, 5) is 8.90. The summed E-state index contributed by atoms with van der Waals surface area (Å²) in [6, 6.07) is 5.57. The molecule has 2 rings (SSSR count). The lowest BCUT2D eigenvalue weighted by Gasteiger charge is -2.09. The van der Waals surface area contributed by atoms with Crippen molar-refractivity contribution in [1.29, 1.82) is 0 Å². The van der Waals surface area contributed by atoms with E-state index in [0.29, 0.717) is 5.75 Å². The third kappa shape index (κ3) is 2.71. The molecule has 1 aromatic carbocycles. The van der Waals surface area contributed by atoms with E-state index in [9.17, 15) is 0 Å². The van der Waals surface area contributed by atoms with E-state index in [1.807, 2.05) is 32.0 Å². The number of rotatable bonds is 3. The van der Waals surface area contributed by atoms with Crippen LogP contribution in [0.25, 0.3) is 11.0 Å². The summed E-state index contributed by atoms with van der Waals surface area (Å²) in [6.07, 6.45) is -0.475. The Morgan fingerprint density at radius 2 is 1.82 bits per heavy atom. The van der Waals surface area contributed by atoms with E-state index in [4.69, 9.17) is 9.84 Å². The van der Waals surface area contributed by atoms with Gasteiger partial charge in [-0.2, -0.15) is 0 Å².